The third-order valence-corrected chi connectivity index (χ3v) is 2.66. The lowest BCUT2D eigenvalue weighted by Gasteiger charge is -2.04. The molecule has 0 saturated carbocycles. The molecule has 0 radical (unpaired) electrons. The minimum Gasteiger partial charge on any atom is -0.357 e. The molecule has 3 nitrogen and oxygen atoms in total. The molecule has 1 aromatic carbocycles. The number of aryl methyl sites for hydroxylation is 1. The van der Waals surface area contributed by atoms with Crippen molar-refractivity contribution in [1.82, 2.24) is 4.98 Å². The van der Waals surface area contributed by atoms with E-state index in [4.69, 9.17) is 11.5 Å². The quantitative estimate of drug-likeness (QED) is 0.699. The summed E-state index contributed by atoms with van der Waals surface area (Å²) >= 11 is 0. The summed E-state index contributed by atoms with van der Waals surface area (Å²) in [5, 5.41) is 0.966. The average molecular weight is 207 g/mol. The van der Waals surface area contributed by atoms with Crippen LogP contribution in [0.25, 0.3) is 10.9 Å². The molecule has 0 aliphatic carbocycles. The number of aromatic amines is 1. The summed E-state index contributed by atoms with van der Waals surface area (Å²) in [6.07, 6.45) is 0. The minimum atomic E-state index is -0.222. The highest BCUT2D eigenvalue weighted by Crippen LogP contribution is 2.23. The molecule has 0 amide bonds. The number of H-pyrrole nitrogens is 1. The Hall–Kier alpha value is -1.39. The second kappa shape index (κ2) is 3.64. The molecule has 0 saturated heterocycles. The van der Waals surface area contributed by atoms with E-state index in [1.807, 2.05) is 6.07 Å². The van der Waals surface area contributed by atoms with Crippen LogP contribution in [0.3, 0.4) is 0 Å². The first kappa shape index (κ1) is 10.1. The molecule has 0 aliphatic heterocycles. The van der Waals surface area contributed by atoms with Crippen LogP contribution in [0.1, 0.15) is 17.3 Å². The highest BCUT2D eigenvalue weighted by atomic mass is 19.1. The zero-order valence-corrected chi connectivity index (χ0v) is 8.55. The van der Waals surface area contributed by atoms with Gasteiger partial charge in [0, 0.05) is 23.2 Å². The Labute approximate surface area is 87.3 Å². The molecule has 0 spiro atoms. The maximum atomic E-state index is 13.3. The van der Waals surface area contributed by atoms with E-state index in [9.17, 15) is 4.39 Å². The smallest absolute Gasteiger partial charge is 0.128 e. The standard InChI is InChI=1S/C11H14FN3/c1-6-8(12)3-2-7-4-10(9(14)5-13)15-11(6)7/h2-4,9,15H,5,13-14H2,1H3. The van der Waals surface area contributed by atoms with Gasteiger partial charge in [-0.3, -0.25) is 0 Å². The van der Waals surface area contributed by atoms with Gasteiger partial charge < -0.3 is 16.5 Å². The van der Waals surface area contributed by atoms with Crippen molar-refractivity contribution in [2.24, 2.45) is 11.5 Å². The summed E-state index contributed by atoms with van der Waals surface area (Å²) in [4.78, 5) is 3.11. The molecular weight excluding hydrogens is 193 g/mol. The fraction of sp³-hybridized carbons (Fsp3) is 0.273. The van der Waals surface area contributed by atoms with E-state index < -0.39 is 0 Å². The number of rotatable bonds is 2. The Morgan fingerprint density at radius 2 is 2.20 bits per heavy atom. The minimum absolute atomic E-state index is 0.211. The lowest BCUT2D eigenvalue weighted by Crippen LogP contribution is -2.20. The molecule has 0 fully saturated rings. The topological polar surface area (TPSA) is 67.8 Å². The van der Waals surface area contributed by atoms with Crippen molar-refractivity contribution >= 4 is 10.9 Å². The van der Waals surface area contributed by atoms with Crippen molar-refractivity contribution < 1.29 is 4.39 Å². The number of fused-ring (bicyclic) bond motifs is 1. The SMILES string of the molecule is Cc1c(F)ccc2cc(C(N)CN)[nH]c12. The maximum absolute atomic E-state index is 13.3. The first-order valence-corrected chi connectivity index (χ1v) is 4.87. The first-order chi connectivity index (χ1) is 7.13. The lowest BCUT2D eigenvalue weighted by molar-refractivity contribution is 0.620. The Bertz CT molecular complexity index is 490. The molecular formula is C11H14FN3. The Balaban J connectivity index is 2.61. The highest BCUT2D eigenvalue weighted by molar-refractivity contribution is 5.83. The third kappa shape index (κ3) is 1.62. The Morgan fingerprint density at radius 1 is 1.47 bits per heavy atom. The van der Waals surface area contributed by atoms with Gasteiger partial charge in [0.15, 0.2) is 0 Å². The Morgan fingerprint density at radius 3 is 2.87 bits per heavy atom. The number of hydrogen-bond donors (Lipinski definition) is 3. The van der Waals surface area contributed by atoms with Crippen molar-refractivity contribution in [3.63, 3.8) is 0 Å². The van der Waals surface area contributed by atoms with Gasteiger partial charge in [-0.1, -0.05) is 0 Å². The molecule has 1 heterocycles. The molecule has 1 atom stereocenters. The molecule has 0 bridgehead atoms. The zero-order valence-electron chi connectivity index (χ0n) is 8.55. The van der Waals surface area contributed by atoms with E-state index in [1.54, 1.807) is 13.0 Å². The van der Waals surface area contributed by atoms with Crippen molar-refractivity contribution in [2.75, 3.05) is 6.54 Å². The van der Waals surface area contributed by atoms with Gasteiger partial charge in [-0.15, -0.1) is 0 Å². The second-order valence-electron chi connectivity index (χ2n) is 3.70. The fourth-order valence-corrected chi connectivity index (χ4v) is 1.67. The molecule has 1 unspecified atom stereocenters. The van der Waals surface area contributed by atoms with Crippen LogP contribution in [-0.4, -0.2) is 11.5 Å². The molecule has 5 N–H and O–H groups in total. The van der Waals surface area contributed by atoms with Crippen LogP contribution in [0.4, 0.5) is 4.39 Å². The number of nitrogens with one attached hydrogen (secondary N) is 1. The van der Waals surface area contributed by atoms with Crippen LogP contribution in [0.5, 0.6) is 0 Å². The van der Waals surface area contributed by atoms with Crippen molar-refractivity contribution in [3.05, 3.63) is 35.3 Å². The van der Waals surface area contributed by atoms with Gasteiger partial charge in [0.05, 0.1) is 11.6 Å². The number of benzene rings is 1. The fourth-order valence-electron chi connectivity index (χ4n) is 1.67. The van der Waals surface area contributed by atoms with Gasteiger partial charge >= 0.3 is 0 Å². The van der Waals surface area contributed by atoms with Gasteiger partial charge in [-0.2, -0.15) is 0 Å². The van der Waals surface area contributed by atoms with E-state index >= 15 is 0 Å². The number of halogens is 1. The largest absolute Gasteiger partial charge is 0.357 e. The van der Waals surface area contributed by atoms with Crippen LogP contribution < -0.4 is 11.5 Å². The van der Waals surface area contributed by atoms with Gasteiger partial charge in [-0.05, 0) is 25.1 Å². The van der Waals surface area contributed by atoms with E-state index in [0.29, 0.717) is 12.1 Å². The summed E-state index contributed by atoms with van der Waals surface area (Å²) in [6.45, 7) is 2.11. The predicted octanol–water partition coefficient (Wildman–Crippen LogP) is 1.57. The van der Waals surface area contributed by atoms with Crippen molar-refractivity contribution in [1.29, 1.82) is 0 Å². The first-order valence-electron chi connectivity index (χ1n) is 4.87. The molecule has 80 valence electrons. The maximum Gasteiger partial charge on any atom is 0.128 e. The third-order valence-electron chi connectivity index (χ3n) is 2.66. The van der Waals surface area contributed by atoms with Crippen LogP contribution in [0.15, 0.2) is 18.2 Å². The Kier molecular flexibility index (Phi) is 2.46. The molecule has 0 aliphatic rings. The van der Waals surface area contributed by atoms with Gasteiger partial charge in [0.2, 0.25) is 0 Å². The van der Waals surface area contributed by atoms with E-state index in [0.717, 1.165) is 16.6 Å². The zero-order chi connectivity index (χ0) is 11.0. The van der Waals surface area contributed by atoms with Gasteiger partial charge in [0.1, 0.15) is 5.82 Å². The highest BCUT2D eigenvalue weighted by Gasteiger charge is 2.10. The molecule has 2 rings (SSSR count). The second-order valence-corrected chi connectivity index (χ2v) is 3.70. The van der Waals surface area contributed by atoms with Crippen molar-refractivity contribution in [2.45, 2.75) is 13.0 Å². The normalized spacial score (nSPS) is 13.3. The number of aromatic nitrogens is 1. The summed E-state index contributed by atoms with van der Waals surface area (Å²) in [7, 11) is 0. The van der Waals surface area contributed by atoms with Crippen molar-refractivity contribution in [3.8, 4) is 0 Å². The van der Waals surface area contributed by atoms with Crippen LogP contribution in [0, 0.1) is 12.7 Å². The van der Waals surface area contributed by atoms with E-state index in [-0.39, 0.29) is 11.9 Å². The molecule has 15 heavy (non-hydrogen) atoms. The van der Waals surface area contributed by atoms with Crippen LogP contribution in [0.2, 0.25) is 0 Å². The summed E-state index contributed by atoms with van der Waals surface area (Å²) in [6, 6.07) is 4.89. The van der Waals surface area contributed by atoms with E-state index in [1.165, 1.54) is 6.07 Å². The molecule has 2 aromatic rings. The molecule has 4 heteroatoms. The van der Waals surface area contributed by atoms with Gasteiger partial charge in [0.25, 0.3) is 0 Å². The monoisotopic (exact) mass is 207 g/mol. The van der Waals surface area contributed by atoms with E-state index in [2.05, 4.69) is 4.98 Å². The lowest BCUT2D eigenvalue weighted by atomic mass is 10.1. The predicted molar refractivity (Wildman–Crippen MR) is 59.0 cm³/mol. The number of hydrogen-bond acceptors (Lipinski definition) is 2. The summed E-state index contributed by atoms with van der Waals surface area (Å²) in [5.74, 6) is -0.211. The summed E-state index contributed by atoms with van der Waals surface area (Å²) < 4.78 is 13.3. The summed E-state index contributed by atoms with van der Waals surface area (Å²) in [5.41, 5.74) is 13.5. The number of nitrogens with two attached hydrogens (primary N) is 2. The van der Waals surface area contributed by atoms with Crippen LogP contribution >= 0.6 is 0 Å². The molecule has 1 aromatic heterocycles. The van der Waals surface area contributed by atoms with Crippen LogP contribution in [-0.2, 0) is 0 Å². The van der Waals surface area contributed by atoms with Gasteiger partial charge in [-0.25, -0.2) is 4.39 Å². The average Bonchev–Trinajstić information content (AvgIpc) is 2.67.